The molecule has 0 aromatic heterocycles. The van der Waals surface area contributed by atoms with Crippen LogP contribution in [0.1, 0.15) is 11.1 Å². The fourth-order valence-corrected chi connectivity index (χ4v) is 2.11. The molecule has 0 saturated carbocycles. The predicted octanol–water partition coefficient (Wildman–Crippen LogP) is 3.60. The highest BCUT2D eigenvalue weighted by Crippen LogP contribution is 2.36. The van der Waals surface area contributed by atoms with Gasteiger partial charge in [-0.05, 0) is 24.3 Å². The zero-order chi connectivity index (χ0) is 14.3. The van der Waals surface area contributed by atoms with Gasteiger partial charge in [0.2, 0.25) is 0 Å². The van der Waals surface area contributed by atoms with Gasteiger partial charge in [-0.15, -0.1) is 0 Å². The van der Waals surface area contributed by atoms with E-state index in [4.69, 9.17) is 0 Å². The van der Waals surface area contributed by atoms with Crippen LogP contribution >= 0.6 is 0 Å². The number of carbonyl (C=O) groups is 1. The summed E-state index contributed by atoms with van der Waals surface area (Å²) in [6.07, 6.45) is 1.21. The third-order valence-electron chi connectivity index (χ3n) is 3.06. The molecule has 0 bridgehead atoms. The third kappa shape index (κ3) is 1.87. The van der Waals surface area contributed by atoms with E-state index in [9.17, 15) is 18.0 Å². The van der Waals surface area contributed by atoms with Crippen LogP contribution in [0.2, 0.25) is 0 Å². The summed E-state index contributed by atoms with van der Waals surface area (Å²) in [7, 11) is 0. The Morgan fingerprint density at radius 3 is 2.45 bits per heavy atom. The van der Waals surface area contributed by atoms with E-state index >= 15 is 0 Å². The van der Waals surface area contributed by atoms with Crippen molar-refractivity contribution in [2.24, 2.45) is 0 Å². The first-order valence-corrected chi connectivity index (χ1v) is 5.84. The number of halogens is 3. The summed E-state index contributed by atoms with van der Waals surface area (Å²) >= 11 is 0. The molecule has 0 aliphatic carbocycles. The Kier molecular flexibility index (Phi) is 2.82. The van der Waals surface area contributed by atoms with Crippen LogP contribution in [0.4, 0.5) is 18.9 Å². The van der Waals surface area contributed by atoms with Gasteiger partial charge in [0.05, 0.1) is 11.3 Å². The van der Waals surface area contributed by atoms with Crippen LogP contribution in [0, 0.1) is 17.5 Å². The van der Waals surface area contributed by atoms with E-state index in [1.54, 1.807) is 6.07 Å². The lowest BCUT2D eigenvalue weighted by molar-refractivity contribution is -0.110. The Bertz CT molecular complexity index is 753. The maximum absolute atomic E-state index is 13.8. The Balaban J connectivity index is 2.20. The normalized spacial score (nSPS) is 15.3. The van der Waals surface area contributed by atoms with Gasteiger partial charge in [0.15, 0.2) is 11.6 Å². The topological polar surface area (TPSA) is 29.1 Å². The number of nitrogens with one attached hydrogen (secondary N) is 1. The minimum Gasteiger partial charge on any atom is -0.321 e. The van der Waals surface area contributed by atoms with Crippen LogP contribution in [0.15, 0.2) is 36.4 Å². The first kappa shape index (κ1) is 12.5. The summed E-state index contributed by atoms with van der Waals surface area (Å²) in [5.74, 6) is -3.31. The molecule has 3 rings (SSSR count). The summed E-state index contributed by atoms with van der Waals surface area (Å²) in [4.78, 5) is 11.8. The van der Waals surface area contributed by atoms with Crippen molar-refractivity contribution in [2.75, 3.05) is 5.32 Å². The molecule has 2 aromatic carbocycles. The van der Waals surface area contributed by atoms with Crippen LogP contribution < -0.4 is 5.32 Å². The van der Waals surface area contributed by atoms with Gasteiger partial charge in [0.25, 0.3) is 5.91 Å². The molecule has 1 heterocycles. The van der Waals surface area contributed by atoms with Crippen molar-refractivity contribution in [3.63, 3.8) is 0 Å². The van der Waals surface area contributed by atoms with Crippen LogP contribution in [-0.2, 0) is 4.79 Å². The molecular weight excluding hydrogens is 267 g/mol. The number of carbonyl (C=O) groups excluding carboxylic acids is 1. The molecule has 0 fully saturated rings. The quantitative estimate of drug-likeness (QED) is 0.792. The van der Waals surface area contributed by atoms with E-state index in [1.165, 1.54) is 30.3 Å². The van der Waals surface area contributed by atoms with Gasteiger partial charge in [0.1, 0.15) is 5.82 Å². The molecule has 1 N–H and O–H groups in total. The van der Waals surface area contributed by atoms with E-state index in [1.807, 2.05) is 0 Å². The standard InChI is InChI=1S/C15H8F3NO/c16-10-4-2-1-3-8(10)7-9-13-12(19-15(9)20)6-5-11(17)14(13)18/h1-7H,(H,19,20)/b9-7-. The third-order valence-corrected chi connectivity index (χ3v) is 3.06. The van der Waals surface area contributed by atoms with Crippen molar-refractivity contribution in [1.82, 2.24) is 0 Å². The molecular formula is C15H8F3NO. The highest BCUT2D eigenvalue weighted by molar-refractivity contribution is 6.35. The first-order chi connectivity index (χ1) is 9.58. The second-order valence-electron chi connectivity index (χ2n) is 4.32. The minimum absolute atomic E-state index is 0.0953. The van der Waals surface area contributed by atoms with E-state index in [-0.39, 0.29) is 22.4 Å². The maximum atomic E-state index is 13.8. The van der Waals surface area contributed by atoms with Crippen LogP contribution in [0.3, 0.4) is 0 Å². The van der Waals surface area contributed by atoms with Gasteiger partial charge >= 0.3 is 0 Å². The van der Waals surface area contributed by atoms with E-state index in [0.29, 0.717) is 0 Å². The molecule has 5 heteroatoms. The Morgan fingerprint density at radius 2 is 1.70 bits per heavy atom. The number of hydrogen-bond acceptors (Lipinski definition) is 1. The average molecular weight is 275 g/mol. The molecule has 0 atom stereocenters. The highest BCUT2D eigenvalue weighted by atomic mass is 19.2. The number of amides is 1. The van der Waals surface area contributed by atoms with Crippen molar-refractivity contribution in [3.05, 3.63) is 65.0 Å². The van der Waals surface area contributed by atoms with Crippen LogP contribution in [0.25, 0.3) is 11.6 Å². The smallest absolute Gasteiger partial charge is 0.256 e. The SMILES string of the molecule is O=C1Nc2ccc(F)c(F)c2/C1=C/c1ccccc1F. The van der Waals surface area contributed by atoms with Gasteiger partial charge in [-0.2, -0.15) is 0 Å². The second-order valence-corrected chi connectivity index (χ2v) is 4.32. The lowest BCUT2D eigenvalue weighted by atomic mass is 10.0. The lowest BCUT2D eigenvalue weighted by Gasteiger charge is -2.02. The number of fused-ring (bicyclic) bond motifs is 1. The van der Waals surface area contributed by atoms with Crippen molar-refractivity contribution >= 4 is 23.2 Å². The molecule has 0 spiro atoms. The first-order valence-electron chi connectivity index (χ1n) is 5.84. The predicted molar refractivity (Wildman–Crippen MR) is 69.3 cm³/mol. The van der Waals surface area contributed by atoms with E-state index in [2.05, 4.69) is 5.32 Å². The van der Waals surface area contributed by atoms with Gasteiger partial charge in [-0.3, -0.25) is 4.79 Å². The summed E-state index contributed by atoms with van der Waals surface area (Å²) in [5, 5.41) is 2.42. The lowest BCUT2D eigenvalue weighted by Crippen LogP contribution is -2.03. The molecule has 100 valence electrons. The molecule has 0 radical (unpaired) electrons. The molecule has 0 saturated heterocycles. The fraction of sp³-hybridized carbons (Fsp3) is 0. The molecule has 2 aromatic rings. The van der Waals surface area contributed by atoms with Crippen LogP contribution in [-0.4, -0.2) is 5.91 Å². The zero-order valence-corrected chi connectivity index (χ0v) is 10.1. The van der Waals surface area contributed by atoms with E-state index < -0.39 is 23.4 Å². The summed E-state index contributed by atoms with van der Waals surface area (Å²) in [5.41, 5.74) is 0.0472. The molecule has 1 aliphatic heterocycles. The van der Waals surface area contributed by atoms with Gasteiger partial charge in [-0.25, -0.2) is 13.2 Å². The number of rotatable bonds is 1. The van der Waals surface area contributed by atoms with Crippen molar-refractivity contribution < 1.29 is 18.0 Å². The molecule has 2 nitrogen and oxygen atoms in total. The van der Waals surface area contributed by atoms with Crippen molar-refractivity contribution in [1.29, 1.82) is 0 Å². The molecule has 0 unspecified atom stereocenters. The van der Waals surface area contributed by atoms with E-state index in [0.717, 1.165) is 6.07 Å². The van der Waals surface area contributed by atoms with Crippen LogP contribution in [0.5, 0.6) is 0 Å². The zero-order valence-electron chi connectivity index (χ0n) is 10.1. The maximum Gasteiger partial charge on any atom is 0.256 e. The monoisotopic (exact) mass is 275 g/mol. The fourth-order valence-electron chi connectivity index (χ4n) is 2.11. The van der Waals surface area contributed by atoms with Crippen molar-refractivity contribution in [3.8, 4) is 0 Å². The highest BCUT2D eigenvalue weighted by Gasteiger charge is 2.29. The summed E-state index contributed by atoms with van der Waals surface area (Å²) < 4.78 is 40.7. The Labute approximate surface area is 112 Å². The van der Waals surface area contributed by atoms with Crippen molar-refractivity contribution in [2.45, 2.75) is 0 Å². The minimum atomic E-state index is -1.12. The number of anilines is 1. The summed E-state index contributed by atoms with van der Waals surface area (Å²) in [6.45, 7) is 0. The largest absolute Gasteiger partial charge is 0.321 e. The van der Waals surface area contributed by atoms with Gasteiger partial charge in [-0.1, -0.05) is 18.2 Å². The number of benzene rings is 2. The van der Waals surface area contributed by atoms with Gasteiger partial charge < -0.3 is 5.32 Å². The Hall–Kier alpha value is -2.56. The Morgan fingerprint density at radius 1 is 0.950 bits per heavy atom. The number of hydrogen-bond donors (Lipinski definition) is 1. The molecule has 20 heavy (non-hydrogen) atoms. The second kappa shape index (κ2) is 4.52. The molecule has 1 amide bonds. The molecule has 1 aliphatic rings. The van der Waals surface area contributed by atoms with Gasteiger partial charge in [0, 0.05) is 11.1 Å². The summed E-state index contributed by atoms with van der Waals surface area (Å²) in [6, 6.07) is 7.96. The average Bonchev–Trinajstić information content (AvgIpc) is 2.74.